The molecule has 6 heteroatoms. The van der Waals surface area contributed by atoms with Crippen LogP contribution >= 0.6 is 0 Å². The van der Waals surface area contributed by atoms with Crippen molar-refractivity contribution in [2.24, 2.45) is 0 Å². The van der Waals surface area contributed by atoms with Gasteiger partial charge in [-0.05, 0) is 54.8 Å². The molecule has 5 nitrogen and oxygen atoms in total. The van der Waals surface area contributed by atoms with Crippen molar-refractivity contribution in [1.29, 1.82) is 0 Å². The molecule has 1 aliphatic heterocycles. The van der Waals surface area contributed by atoms with Gasteiger partial charge in [0.15, 0.2) is 0 Å². The summed E-state index contributed by atoms with van der Waals surface area (Å²) in [6.07, 6.45) is -0.140. The van der Waals surface area contributed by atoms with Crippen molar-refractivity contribution in [2.45, 2.75) is 26.6 Å². The number of ether oxygens (including phenoxy) is 2. The van der Waals surface area contributed by atoms with Crippen molar-refractivity contribution < 1.29 is 18.7 Å². The molecule has 35 heavy (non-hydrogen) atoms. The number of carbonyl (C=O) groups is 1. The van der Waals surface area contributed by atoms with Gasteiger partial charge in [-0.3, -0.25) is 9.69 Å². The summed E-state index contributed by atoms with van der Waals surface area (Å²) >= 11 is 0. The molecule has 1 aliphatic rings. The zero-order valence-corrected chi connectivity index (χ0v) is 20.7. The number of halogens is 1. The van der Waals surface area contributed by atoms with E-state index in [0.29, 0.717) is 31.8 Å². The number of nitrogens with zero attached hydrogens (tertiary/aromatic N) is 2. The van der Waals surface area contributed by atoms with Crippen molar-refractivity contribution in [1.82, 2.24) is 9.80 Å². The number of amides is 1. The first-order valence-electron chi connectivity index (χ1n) is 12.0. The summed E-state index contributed by atoms with van der Waals surface area (Å²) in [6, 6.07) is 20.7. The molecule has 0 unspecified atom stereocenters. The minimum absolute atomic E-state index is 0.110. The van der Waals surface area contributed by atoms with E-state index in [1.807, 2.05) is 30.0 Å². The van der Waals surface area contributed by atoms with Gasteiger partial charge in [0.05, 0.1) is 19.8 Å². The Morgan fingerprint density at radius 2 is 1.71 bits per heavy atom. The SMILES string of the molecule is COc1cccc([C@@H](CN2CCN(C(=O)c3cc(F)ccc3C)CC2)OCc2ccc(C)cc2)c1. The Labute approximate surface area is 207 Å². The summed E-state index contributed by atoms with van der Waals surface area (Å²) in [5, 5.41) is 0. The maximum absolute atomic E-state index is 13.7. The van der Waals surface area contributed by atoms with Crippen LogP contribution in [0.25, 0.3) is 0 Å². The van der Waals surface area contributed by atoms with Crippen LogP contribution in [0.5, 0.6) is 5.75 Å². The lowest BCUT2D eigenvalue weighted by atomic mass is 10.1. The van der Waals surface area contributed by atoms with Crippen LogP contribution in [0.15, 0.2) is 66.7 Å². The molecular formula is C29H33FN2O3. The van der Waals surface area contributed by atoms with Crippen LogP contribution in [0.3, 0.4) is 0 Å². The topological polar surface area (TPSA) is 42.0 Å². The maximum atomic E-state index is 13.7. The summed E-state index contributed by atoms with van der Waals surface area (Å²) in [5.74, 6) is 0.304. The van der Waals surface area contributed by atoms with Gasteiger partial charge in [-0.15, -0.1) is 0 Å². The highest BCUT2D eigenvalue weighted by Crippen LogP contribution is 2.25. The quantitative estimate of drug-likeness (QED) is 0.450. The van der Waals surface area contributed by atoms with Crippen LogP contribution in [-0.4, -0.2) is 55.5 Å². The molecule has 184 valence electrons. The Balaban J connectivity index is 1.41. The highest BCUT2D eigenvalue weighted by Gasteiger charge is 2.26. The first-order chi connectivity index (χ1) is 16.9. The molecule has 3 aromatic rings. The molecule has 3 aromatic carbocycles. The molecule has 1 atom stereocenters. The number of benzene rings is 3. The van der Waals surface area contributed by atoms with E-state index in [1.54, 1.807) is 13.2 Å². The van der Waals surface area contributed by atoms with Crippen LogP contribution in [0.4, 0.5) is 4.39 Å². The van der Waals surface area contributed by atoms with E-state index in [1.165, 1.54) is 17.7 Å². The van der Waals surface area contributed by atoms with Gasteiger partial charge < -0.3 is 14.4 Å². The summed E-state index contributed by atoms with van der Waals surface area (Å²) in [5.41, 5.74) is 4.64. The molecule has 0 saturated carbocycles. The zero-order chi connectivity index (χ0) is 24.8. The van der Waals surface area contributed by atoms with E-state index in [2.05, 4.69) is 42.2 Å². The standard InChI is InChI=1S/C29H33FN2O3/c1-21-7-10-23(11-8-21)20-35-28(24-5-4-6-26(17-24)34-3)19-31-13-15-32(16-14-31)29(33)27-18-25(30)12-9-22(27)2/h4-12,17-18,28H,13-16,19-20H2,1-3H3/t28-/m1/s1. The normalized spacial score (nSPS) is 15.1. The van der Waals surface area contributed by atoms with Crippen molar-refractivity contribution >= 4 is 5.91 Å². The number of hydrogen-bond donors (Lipinski definition) is 0. The average Bonchev–Trinajstić information content (AvgIpc) is 2.89. The highest BCUT2D eigenvalue weighted by atomic mass is 19.1. The number of methoxy groups -OCH3 is 1. The van der Waals surface area contributed by atoms with Gasteiger partial charge in [-0.25, -0.2) is 4.39 Å². The molecular weight excluding hydrogens is 443 g/mol. The lowest BCUT2D eigenvalue weighted by Gasteiger charge is -2.36. The van der Waals surface area contributed by atoms with Crippen molar-refractivity contribution in [3.8, 4) is 5.75 Å². The third kappa shape index (κ3) is 6.47. The number of hydrogen-bond acceptors (Lipinski definition) is 4. The molecule has 1 amide bonds. The Morgan fingerprint density at radius 3 is 2.43 bits per heavy atom. The fourth-order valence-corrected chi connectivity index (χ4v) is 4.34. The third-order valence-corrected chi connectivity index (χ3v) is 6.55. The zero-order valence-electron chi connectivity index (χ0n) is 20.7. The van der Waals surface area contributed by atoms with E-state index in [0.717, 1.165) is 35.5 Å². The first-order valence-corrected chi connectivity index (χ1v) is 12.0. The molecule has 1 heterocycles. The van der Waals surface area contributed by atoms with Crippen molar-refractivity contribution in [3.63, 3.8) is 0 Å². The van der Waals surface area contributed by atoms with Crippen LogP contribution in [0.2, 0.25) is 0 Å². The third-order valence-electron chi connectivity index (χ3n) is 6.55. The number of rotatable bonds is 8. The Kier molecular flexibility index (Phi) is 8.16. The second kappa shape index (κ2) is 11.5. The van der Waals surface area contributed by atoms with Gasteiger partial charge in [0.1, 0.15) is 11.6 Å². The molecule has 0 aromatic heterocycles. The van der Waals surface area contributed by atoms with Gasteiger partial charge in [0.2, 0.25) is 0 Å². The fraction of sp³-hybridized carbons (Fsp3) is 0.345. The fourth-order valence-electron chi connectivity index (χ4n) is 4.34. The summed E-state index contributed by atoms with van der Waals surface area (Å²) in [6.45, 7) is 7.79. The Hall–Kier alpha value is -3.22. The molecule has 1 fully saturated rings. The van der Waals surface area contributed by atoms with E-state index in [4.69, 9.17) is 9.47 Å². The largest absolute Gasteiger partial charge is 0.497 e. The van der Waals surface area contributed by atoms with E-state index >= 15 is 0 Å². The Bertz CT molecular complexity index is 1140. The summed E-state index contributed by atoms with van der Waals surface area (Å²) in [7, 11) is 1.66. The van der Waals surface area contributed by atoms with Crippen molar-refractivity contribution in [3.05, 3.63) is 100 Å². The van der Waals surface area contributed by atoms with E-state index in [-0.39, 0.29) is 17.8 Å². The smallest absolute Gasteiger partial charge is 0.254 e. The first kappa shape index (κ1) is 24.9. The Morgan fingerprint density at radius 1 is 0.971 bits per heavy atom. The monoisotopic (exact) mass is 476 g/mol. The van der Waals surface area contributed by atoms with Gasteiger partial charge in [0, 0.05) is 38.3 Å². The molecule has 1 saturated heterocycles. The molecule has 0 spiro atoms. The number of aryl methyl sites for hydroxylation is 2. The van der Waals surface area contributed by atoms with Gasteiger partial charge >= 0.3 is 0 Å². The highest BCUT2D eigenvalue weighted by molar-refractivity contribution is 5.95. The molecule has 0 aliphatic carbocycles. The van der Waals surface area contributed by atoms with Crippen LogP contribution in [-0.2, 0) is 11.3 Å². The van der Waals surface area contributed by atoms with Crippen molar-refractivity contribution in [2.75, 3.05) is 39.8 Å². The molecule has 0 N–H and O–H groups in total. The molecule has 0 bridgehead atoms. The summed E-state index contributed by atoms with van der Waals surface area (Å²) < 4.78 is 25.5. The number of piperazine rings is 1. The number of carbonyl (C=O) groups excluding carboxylic acids is 1. The van der Waals surface area contributed by atoms with Crippen LogP contribution in [0.1, 0.15) is 38.7 Å². The maximum Gasteiger partial charge on any atom is 0.254 e. The van der Waals surface area contributed by atoms with Gasteiger partial charge in [-0.1, -0.05) is 48.0 Å². The van der Waals surface area contributed by atoms with E-state index in [9.17, 15) is 9.18 Å². The molecule has 4 rings (SSSR count). The van der Waals surface area contributed by atoms with Gasteiger partial charge in [0.25, 0.3) is 5.91 Å². The predicted molar refractivity (Wildman–Crippen MR) is 135 cm³/mol. The predicted octanol–water partition coefficient (Wildman–Crippen LogP) is 5.17. The lowest BCUT2D eigenvalue weighted by molar-refractivity contribution is 0.00332. The minimum atomic E-state index is -0.385. The van der Waals surface area contributed by atoms with Gasteiger partial charge in [-0.2, -0.15) is 0 Å². The minimum Gasteiger partial charge on any atom is -0.497 e. The van der Waals surface area contributed by atoms with Crippen LogP contribution < -0.4 is 4.74 Å². The van der Waals surface area contributed by atoms with E-state index < -0.39 is 0 Å². The second-order valence-corrected chi connectivity index (χ2v) is 9.11. The second-order valence-electron chi connectivity index (χ2n) is 9.11. The molecule has 0 radical (unpaired) electrons. The van der Waals surface area contributed by atoms with Crippen LogP contribution in [0, 0.1) is 19.7 Å². The summed E-state index contributed by atoms with van der Waals surface area (Å²) in [4.78, 5) is 17.1. The average molecular weight is 477 g/mol. The lowest BCUT2D eigenvalue weighted by Crippen LogP contribution is -2.49.